The lowest BCUT2D eigenvalue weighted by molar-refractivity contribution is -0.126. The number of benzene rings is 1. The Labute approximate surface area is 167 Å². The van der Waals surface area contributed by atoms with Gasteiger partial charge in [0.1, 0.15) is 0 Å². The van der Waals surface area contributed by atoms with Crippen molar-refractivity contribution in [1.29, 1.82) is 0 Å². The van der Waals surface area contributed by atoms with Gasteiger partial charge in [0.15, 0.2) is 0 Å². The summed E-state index contributed by atoms with van der Waals surface area (Å²) in [5.74, 6) is -0.512. The molecule has 28 heavy (non-hydrogen) atoms. The Morgan fingerprint density at radius 2 is 1.75 bits per heavy atom. The lowest BCUT2D eigenvalue weighted by Crippen LogP contribution is -2.38. The predicted octanol–water partition coefficient (Wildman–Crippen LogP) is 2.13. The van der Waals surface area contributed by atoms with Crippen LogP contribution >= 0.6 is 0 Å². The summed E-state index contributed by atoms with van der Waals surface area (Å²) >= 11 is 0. The minimum atomic E-state index is -3.53. The Morgan fingerprint density at radius 1 is 1.14 bits per heavy atom. The quantitative estimate of drug-likeness (QED) is 0.750. The summed E-state index contributed by atoms with van der Waals surface area (Å²) in [6.07, 6.45) is 4.50. The van der Waals surface area contributed by atoms with Crippen LogP contribution in [-0.2, 0) is 19.6 Å². The first-order valence-electron chi connectivity index (χ1n) is 10.1. The van der Waals surface area contributed by atoms with E-state index in [-0.39, 0.29) is 35.1 Å². The molecule has 0 unspecified atom stereocenters. The van der Waals surface area contributed by atoms with Crippen LogP contribution < -0.4 is 10.2 Å². The molecule has 1 aromatic rings. The van der Waals surface area contributed by atoms with Gasteiger partial charge in [-0.25, -0.2) is 8.42 Å². The number of carbonyl (C=O) groups excluding carboxylic acids is 2. The largest absolute Gasteiger partial charge is 0.353 e. The zero-order valence-corrected chi connectivity index (χ0v) is 17.4. The van der Waals surface area contributed by atoms with Crippen LogP contribution in [0.15, 0.2) is 29.2 Å². The third-order valence-corrected chi connectivity index (χ3v) is 7.75. The highest BCUT2D eigenvalue weighted by Gasteiger charge is 2.36. The average molecular weight is 408 g/mol. The van der Waals surface area contributed by atoms with Gasteiger partial charge in [0, 0.05) is 37.8 Å². The Hall–Kier alpha value is -1.93. The fourth-order valence-electron chi connectivity index (χ4n) is 4.03. The molecule has 0 aromatic heterocycles. The van der Waals surface area contributed by atoms with Gasteiger partial charge < -0.3 is 10.2 Å². The molecule has 0 bridgehead atoms. The molecular formula is C20H29N3O4S. The number of nitrogens with one attached hydrogen (secondary N) is 1. The van der Waals surface area contributed by atoms with Crippen molar-refractivity contribution in [2.24, 2.45) is 5.92 Å². The van der Waals surface area contributed by atoms with Crippen molar-refractivity contribution >= 4 is 27.5 Å². The minimum Gasteiger partial charge on any atom is -0.353 e. The summed E-state index contributed by atoms with van der Waals surface area (Å²) in [6, 6.07) is 6.59. The van der Waals surface area contributed by atoms with Crippen LogP contribution in [0.25, 0.3) is 0 Å². The maximum Gasteiger partial charge on any atom is 0.243 e. The molecule has 2 fully saturated rings. The van der Waals surface area contributed by atoms with Crippen molar-refractivity contribution in [3.8, 4) is 0 Å². The Bertz CT molecular complexity index is 812. The van der Waals surface area contributed by atoms with Crippen molar-refractivity contribution in [2.45, 2.75) is 56.9 Å². The third kappa shape index (κ3) is 4.22. The SMILES string of the molecule is CCN(CC)S(=O)(=O)c1ccc(N2C[C@H](C(=O)NC3CCCC3)CC2=O)cc1. The molecular weight excluding hydrogens is 378 g/mol. The van der Waals surface area contributed by atoms with Crippen molar-refractivity contribution < 1.29 is 18.0 Å². The van der Waals surface area contributed by atoms with E-state index in [0.29, 0.717) is 25.3 Å². The second-order valence-electron chi connectivity index (χ2n) is 7.48. The molecule has 1 atom stereocenters. The van der Waals surface area contributed by atoms with E-state index in [2.05, 4.69) is 5.32 Å². The molecule has 2 amide bonds. The smallest absolute Gasteiger partial charge is 0.243 e. The van der Waals surface area contributed by atoms with Crippen LogP contribution in [0.4, 0.5) is 5.69 Å². The van der Waals surface area contributed by atoms with Crippen molar-refractivity contribution in [3.05, 3.63) is 24.3 Å². The Morgan fingerprint density at radius 3 is 2.32 bits per heavy atom. The summed E-state index contributed by atoms with van der Waals surface area (Å²) in [4.78, 5) is 26.7. The summed E-state index contributed by atoms with van der Waals surface area (Å²) in [6.45, 7) is 4.75. The molecule has 1 aromatic carbocycles. The first kappa shape index (κ1) is 20.8. The average Bonchev–Trinajstić information content (AvgIpc) is 3.32. The third-order valence-electron chi connectivity index (χ3n) is 5.69. The first-order chi connectivity index (χ1) is 13.4. The van der Waals surface area contributed by atoms with E-state index in [1.165, 1.54) is 16.4 Å². The molecule has 0 spiro atoms. The summed E-state index contributed by atoms with van der Waals surface area (Å²) in [5.41, 5.74) is 0.625. The van der Waals surface area contributed by atoms with Crippen LogP contribution in [0.3, 0.4) is 0 Å². The van der Waals surface area contributed by atoms with E-state index < -0.39 is 10.0 Å². The normalized spacial score (nSPS) is 20.9. The fraction of sp³-hybridized carbons (Fsp3) is 0.600. The zero-order chi connectivity index (χ0) is 20.3. The monoisotopic (exact) mass is 407 g/mol. The summed E-state index contributed by atoms with van der Waals surface area (Å²) < 4.78 is 26.6. The second-order valence-corrected chi connectivity index (χ2v) is 9.42. The molecule has 2 aliphatic rings. The van der Waals surface area contributed by atoms with Crippen molar-refractivity contribution in [2.75, 3.05) is 24.5 Å². The summed E-state index contributed by atoms with van der Waals surface area (Å²) in [5, 5.41) is 3.07. The van der Waals surface area contributed by atoms with Gasteiger partial charge in [0.05, 0.1) is 10.8 Å². The molecule has 1 saturated heterocycles. The van der Waals surface area contributed by atoms with Gasteiger partial charge in [-0.1, -0.05) is 26.7 Å². The van der Waals surface area contributed by atoms with Crippen molar-refractivity contribution in [1.82, 2.24) is 9.62 Å². The molecule has 1 saturated carbocycles. The van der Waals surface area contributed by atoms with Crippen LogP contribution in [-0.4, -0.2) is 50.2 Å². The molecule has 1 aliphatic heterocycles. The maximum atomic E-state index is 12.6. The number of hydrogen-bond acceptors (Lipinski definition) is 4. The number of nitrogens with zero attached hydrogens (tertiary/aromatic N) is 2. The van der Waals surface area contributed by atoms with E-state index in [1.807, 2.05) is 0 Å². The van der Waals surface area contributed by atoms with Crippen LogP contribution in [0, 0.1) is 5.92 Å². The highest BCUT2D eigenvalue weighted by atomic mass is 32.2. The van der Waals surface area contributed by atoms with Gasteiger partial charge >= 0.3 is 0 Å². The molecule has 0 radical (unpaired) electrons. The van der Waals surface area contributed by atoms with E-state index in [1.54, 1.807) is 30.9 Å². The van der Waals surface area contributed by atoms with E-state index in [4.69, 9.17) is 0 Å². The Kier molecular flexibility index (Phi) is 6.40. The lowest BCUT2D eigenvalue weighted by Gasteiger charge is -2.20. The first-order valence-corrected chi connectivity index (χ1v) is 11.5. The lowest BCUT2D eigenvalue weighted by atomic mass is 10.1. The molecule has 7 nitrogen and oxygen atoms in total. The number of amides is 2. The zero-order valence-electron chi connectivity index (χ0n) is 16.6. The topological polar surface area (TPSA) is 86.8 Å². The second kappa shape index (κ2) is 8.61. The van der Waals surface area contributed by atoms with Gasteiger partial charge in [-0.05, 0) is 37.1 Å². The molecule has 3 rings (SSSR count). The van der Waals surface area contributed by atoms with Crippen LogP contribution in [0.2, 0.25) is 0 Å². The molecule has 154 valence electrons. The number of sulfonamides is 1. The van der Waals surface area contributed by atoms with E-state index >= 15 is 0 Å². The standard InChI is InChI=1S/C20H29N3O4S/c1-3-22(4-2)28(26,27)18-11-9-17(10-12-18)23-14-15(13-19(23)24)20(25)21-16-7-5-6-8-16/h9-12,15-16H,3-8,13-14H2,1-2H3,(H,21,25)/t15-/m1/s1. The fourth-order valence-corrected chi connectivity index (χ4v) is 5.49. The number of rotatable bonds is 7. The van der Waals surface area contributed by atoms with Gasteiger partial charge in [-0.2, -0.15) is 4.31 Å². The van der Waals surface area contributed by atoms with Gasteiger partial charge in [0.2, 0.25) is 21.8 Å². The van der Waals surface area contributed by atoms with Crippen molar-refractivity contribution in [3.63, 3.8) is 0 Å². The molecule has 1 heterocycles. The molecule has 8 heteroatoms. The minimum absolute atomic E-state index is 0.0523. The van der Waals surface area contributed by atoms with Crippen LogP contribution in [0.1, 0.15) is 46.0 Å². The van der Waals surface area contributed by atoms with Gasteiger partial charge in [-0.15, -0.1) is 0 Å². The maximum absolute atomic E-state index is 12.6. The molecule has 1 N–H and O–H groups in total. The number of carbonyl (C=O) groups is 2. The van der Waals surface area contributed by atoms with Gasteiger partial charge in [0.25, 0.3) is 0 Å². The van der Waals surface area contributed by atoms with E-state index in [9.17, 15) is 18.0 Å². The highest BCUT2D eigenvalue weighted by Crippen LogP contribution is 2.28. The van der Waals surface area contributed by atoms with Gasteiger partial charge in [-0.3, -0.25) is 9.59 Å². The summed E-state index contributed by atoms with van der Waals surface area (Å²) in [7, 11) is -3.53. The number of hydrogen-bond donors (Lipinski definition) is 1. The predicted molar refractivity (Wildman–Crippen MR) is 107 cm³/mol. The van der Waals surface area contributed by atoms with Crippen LogP contribution in [0.5, 0.6) is 0 Å². The highest BCUT2D eigenvalue weighted by molar-refractivity contribution is 7.89. The Balaban J connectivity index is 1.68. The number of anilines is 1. The molecule has 1 aliphatic carbocycles. The van der Waals surface area contributed by atoms with E-state index in [0.717, 1.165) is 25.7 Å².